The van der Waals surface area contributed by atoms with Crippen molar-refractivity contribution in [3.63, 3.8) is 0 Å². The number of hydrogen-bond acceptors (Lipinski definition) is 10. The number of carbonyl (C=O) groups is 1. The van der Waals surface area contributed by atoms with E-state index < -0.39 is 5.97 Å². The monoisotopic (exact) mass is 440 g/mol. The molecule has 0 radical (unpaired) electrons. The molecule has 11 heteroatoms. The van der Waals surface area contributed by atoms with E-state index in [-0.39, 0.29) is 29.0 Å². The van der Waals surface area contributed by atoms with Crippen LogP contribution in [0.2, 0.25) is 0 Å². The number of rotatable bonds is 6. The topological polar surface area (TPSA) is 113 Å². The average molecular weight is 440 g/mol. The normalized spacial score (nSPS) is 11.3. The van der Waals surface area contributed by atoms with Crippen molar-refractivity contribution in [2.75, 3.05) is 5.75 Å². The Morgan fingerprint density at radius 2 is 2.10 bits per heavy atom. The van der Waals surface area contributed by atoms with E-state index in [0.717, 1.165) is 22.0 Å². The lowest BCUT2D eigenvalue weighted by molar-refractivity contribution is -0.141. The third-order valence-electron chi connectivity index (χ3n) is 4.08. The van der Waals surface area contributed by atoms with Crippen molar-refractivity contribution in [3.8, 4) is 11.7 Å². The minimum absolute atomic E-state index is 0.0239. The second kappa shape index (κ2) is 7.76. The molecule has 0 atom stereocenters. The summed E-state index contributed by atoms with van der Waals surface area (Å²) < 4.78 is 18.3. The molecule has 30 heavy (non-hydrogen) atoms. The number of benzene rings is 1. The second-order valence-electron chi connectivity index (χ2n) is 6.07. The molecule has 4 heterocycles. The molecule has 0 saturated carbocycles. The van der Waals surface area contributed by atoms with Crippen molar-refractivity contribution in [3.05, 3.63) is 64.8 Å². The van der Waals surface area contributed by atoms with Crippen LogP contribution < -0.4 is 5.56 Å². The molecule has 4 aromatic heterocycles. The molecule has 0 fully saturated rings. The van der Waals surface area contributed by atoms with Gasteiger partial charge in [-0.2, -0.15) is 0 Å². The maximum absolute atomic E-state index is 12.5. The van der Waals surface area contributed by atoms with Crippen LogP contribution in [0.1, 0.15) is 5.69 Å². The number of furan rings is 1. The summed E-state index contributed by atoms with van der Waals surface area (Å²) in [6.45, 7) is -0.0964. The number of thiazole rings is 1. The fourth-order valence-corrected chi connectivity index (χ4v) is 4.39. The number of para-hydroxylation sites is 1. The molecule has 9 nitrogen and oxygen atoms in total. The molecule has 0 unspecified atom stereocenters. The third-order valence-corrected chi connectivity index (χ3v) is 5.89. The summed E-state index contributed by atoms with van der Waals surface area (Å²) in [5.74, 6) is 0.170. The maximum Gasteiger partial charge on any atom is 0.316 e. The first-order valence-electron chi connectivity index (χ1n) is 8.73. The van der Waals surface area contributed by atoms with E-state index in [1.807, 2.05) is 24.3 Å². The zero-order valence-corrected chi connectivity index (χ0v) is 16.8. The molecule has 0 bridgehead atoms. The van der Waals surface area contributed by atoms with E-state index in [1.54, 1.807) is 16.5 Å². The van der Waals surface area contributed by atoms with Crippen LogP contribution in [0.4, 0.5) is 0 Å². The number of ether oxygens (including phenoxy) is 1. The fourth-order valence-electron chi connectivity index (χ4n) is 2.78. The number of nitrogens with zero attached hydrogens (tertiary/aromatic N) is 4. The number of fused-ring (bicyclic) bond motifs is 3. The van der Waals surface area contributed by atoms with E-state index in [1.165, 1.54) is 23.7 Å². The van der Waals surface area contributed by atoms with Crippen molar-refractivity contribution in [2.45, 2.75) is 11.8 Å². The Bertz CT molecular complexity index is 1400. The van der Waals surface area contributed by atoms with Crippen LogP contribution in [0.25, 0.3) is 26.8 Å². The van der Waals surface area contributed by atoms with E-state index in [9.17, 15) is 9.59 Å². The Kier molecular flexibility index (Phi) is 4.81. The molecule has 0 aliphatic heterocycles. The Hall–Kier alpha value is -3.44. The minimum atomic E-state index is -0.490. The highest BCUT2D eigenvalue weighted by atomic mass is 32.2. The van der Waals surface area contributed by atoms with Crippen molar-refractivity contribution in [1.29, 1.82) is 0 Å². The van der Waals surface area contributed by atoms with Gasteiger partial charge in [0.25, 0.3) is 16.7 Å². The highest BCUT2D eigenvalue weighted by Crippen LogP contribution is 2.24. The largest absolute Gasteiger partial charge is 0.459 e. The Morgan fingerprint density at radius 1 is 1.20 bits per heavy atom. The molecular weight excluding hydrogens is 428 g/mol. The van der Waals surface area contributed by atoms with Gasteiger partial charge in [0.15, 0.2) is 10.7 Å². The molecule has 5 aromatic rings. The van der Waals surface area contributed by atoms with Gasteiger partial charge in [-0.25, -0.2) is 4.98 Å². The first-order chi connectivity index (χ1) is 14.7. The molecule has 150 valence electrons. The van der Waals surface area contributed by atoms with Crippen LogP contribution >= 0.6 is 23.1 Å². The summed E-state index contributed by atoms with van der Waals surface area (Å²) in [6.07, 6.45) is 1.50. The molecule has 1 aromatic carbocycles. The van der Waals surface area contributed by atoms with Gasteiger partial charge in [-0.15, -0.1) is 10.2 Å². The Labute approximate surface area is 176 Å². The quantitative estimate of drug-likeness (QED) is 0.290. The van der Waals surface area contributed by atoms with Gasteiger partial charge in [0.2, 0.25) is 0 Å². The number of aromatic nitrogens is 4. The van der Waals surface area contributed by atoms with Gasteiger partial charge in [0.05, 0.1) is 22.2 Å². The first kappa shape index (κ1) is 18.6. The van der Waals surface area contributed by atoms with Crippen molar-refractivity contribution >= 4 is 44.2 Å². The van der Waals surface area contributed by atoms with E-state index in [2.05, 4.69) is 15.2 Å². The molecule has 5 rings (SSSR count). The summed E-state index contributed by atoms with van der Waals surface area (Å²) in [6, 6.07) is 12.4. The summed E-state index contributed by atoms with van der Waals surface area (Å²) in [5.41, 5.74) is 0.986. The fraction of sp³-hybridized carbons (Fsp3) is 0.105. The minimum Gasteiger partial charge on any atom is -0.459 e. The zero-order valence-electron chi connectivity index (χ0n) is 15.2. The predicted molar refractivity (Wildman–Crippen MR) is 109 cm³/mol. The van der Waals surface area contributed by atoms with Crippen LogP contribution in [0, 0.1) is 0 Å². The van der Waals surface area contributed by atoms with Crippen molar-refractivity contribution in [2.24, 2.45) is 0 Å². The number of hydrogen-bond donors (Lipinski definition) is 0. The second-order valence-corrected chi connectivity index (χ2v) is 8.01. The van der Waals surface area contributed by atoms with Crippen LogP contribution in [-0.2, 0) is 16.1 Å². The molecule has 0 aliphatic rings. The van der Waals surface area contributed by atoms with Crippen LogP contribution in [0.5, 0.6) is 0 Å². The Morgan fingerprint density at radius 3 is 2.97 bits per heavy atom. The van der Waals surface area contributed by atoms with Crippen molar-refractivity contribution in [1.82, 2.24) is 19.6 Å². The summed E-state index contributed by atoms with van der Waals surface area (Å²) in [5, 5.41) is 7.93. The lowest BCUT2D eigenvalue weighted by atomic mass is 10.3. The smallest absolute Gasteiger partial charge is 0.316 e. The molecule has 0 saturated heterocycles. The van der Waals surface area contributed by atoms with Crippen molar-refractivity contribution < 1.29 is 18.4 Å². The first-order valence-corrected chi connectivity index (χ1v) is 10.5. The average Bonchev–Trinajstić information content (AvgIpc) is 3.49. The van der Waals surface area contributed by atoms with Crippen LogP contribution in [-0.4, -0.2) is 31.3 Å². The summed E-state index contributed by atoms with van der Waals surface area (Å²) in [7, 11) is 0. The van der Waals surface area contributed by atoms with Gasteiger partial charge in [-0.1, -0.05) is 35.2 Å². The lowest BCUT2D eigenvalue weighted by Gasteiger charge is -2.03. The van der Waals surface area contributed by atoms with Gasteiger partial charge in [0.1, 0.15) is 12.4 Å². The maximum atomic E-state index is 12.5. The standard InChI is InChI=1S/C19H12N4O5S2/c24-15-8-11(20-18-23(15)12-4-1-2-6-14(12)30-18)9-27-16(25)10-29-19-22-21-17(28-19)13-5-3-7-26-13/h1-8H,9-10H2. The highest BCUT2D eigenvalue weighted by molar-refractivity contribution is 7.99. The molecule has 0 aliphatic carbocycles. The molecule has 0 amide bonds. The number of esters is 1. The van der Waals surface area contributed by atoms with E-state index >= 15 is 0 Å². The van der Waals surface area contributed by atoms with Crippen LogP contribution in [0.15, 0.2) is 67.6 Å². The van der Waals surface area contributed by atoms with E-state index in [4.69, 9.17) is 13.6 Å². The Balaban J connectivity index is 1.22. The van der Waals surface area contributed by atoms with Gasteiger partial charge < -0.3 is 13.6 Å². The van der Waals surface area contributed by atoms with Gasteiger partial charge in [0, 0.05) is 6.07 Å². The SMILES string of the molecule is O=C(CSc1nnc(-c2ccco2)o1)OCc1cc(=O)n2c(n1)sc1ccccc12. The number of thioether (sulfide) groups is 1. The van der Waals surface area contributed by atoms with Crippen LogP contribution in [0.3, 0.4) is 0 Å². The van der Waals surface area contributed by atoms with E-state index in [0.29, 0.717) is 16.4 Å². The van der Waals surface area contributed by atoms with Gasteiger partial charge in [-0.05, 0) is 24.3 Å². The zero-order chi connectivity index (χ0) is 20.5. The number of carbonyl (C=O) groups excluding carboxylic acids is 1. The summed E-state index contributed by atoms with van der Waals surface area (Å²) in [4.78, 5) is 29.5. The lowest BCUT2D eigenvalue weighted by Crippen LogP contribution is -2.15. The third kappa shape index (κ3) is 3.60. The highest BCUT2D eigenvalue weighted by Gasteiger charge is 2.14. The summed E-state index contributed by atoms with van der Waals surface area (Å²) >= 11 is 2.45. The van der Waals surface area contributed by atoms with Gasteiger partial charge >= 0.3 is 5.97 Å². The predicted octanol–water partition coefficient (Wildman–Crippen LogP) is 3.39. The molecular formula is C19H12N4O5S2. The molecule has 0 spiro atoms. The molecule has 0 N–H and O–H groups in total. The van der Waals surface area contributed by atoms with Gasteiger partial charge in [-0.3, -0.25) is 14.0 Å².